The van der Waals surface area contributed by atoms with Crippen molar-refractivity contribution >= 4 is 37.4 Å². The molecule has 48 heavy (non-hydrogen) atoms. The van der Waals surface area contributed by atoms with Gasteiger partial charge in [-0.05, 0) is 49.1 Å². The van der Waals surface area contributed by atoms with Gasteiger partial charge < -0.3 is 35.7 Å². The van der Waals surface area contributed by atoms with Gasteiger partial charge in [0.1, 0.15) is 24.2 Å². The van der Waals surface area contributed by atoms with Crippen molar-refractivity contribution in [3.63, 3.8) is 0 Å². The topological polar surface area (TPSA) is 212 Å². The smallest absolute Gasteiger partial charge is 0.469 e. The van der Waals surface area contributed by atoms with Gasteiger partial charge in [0.25, 0.3) is 0 Å². The molecule has 3 rings (SSSR count). The molecule has 14 nitrogen and oxygen atoms in total. The lowest BCUT2D eigenvalue weighted by Gasteiger charge is -2.30. The highest BCUT2D eigenvalue weighted by Crippen LogP contribution is 2.36. The first kappa shape index (κ1) is 38.3. The predicted octanol–water partition coefficient (Wildman–Crippen LogP) is 1.94. The van der Waals surface area contributed by atoms with Crippen molar-refractivity contribution in [3.8, 4) is 0 Å². The number of carbonyl (C=O) groups excluding carboxylic acids is 4. The molecule has 2 aromatic carbocycles. The van der Waals surface area contributed by atoms with E-state index in [0.29, 0.717) is 24.8 Å². The molecule has 0 unspecified atom stereocenters. The summed E-state index contributed by atoms with van der Waals surface area (Å²) in [6, 6.07) is 13.6. The van der Waals surface area contributed by atoms with Crippen molar-refractivity contribution in [2.24, 2.45) is 5.92 Å². The van der Waals surface area contributed by atoms with Crippen LogP contribution in [-0.2, 0) is 45.9 Å². The van der Waals surface area contributed by atoms with Crippen molar-refractivity contribution in [3.05, 3.63) is 71.8 Å². The van der Waals surface area contributed by atoms with E-state index in [9.17, 15) is 43.4 Å². The lowest BCUT2D eigenvalue weighted by Crippen LogP contribution is -2.59. The van der Waals surface area contributed by atoms with Crippen molar-refractivity contribution in [1.29, 1.82) is 0 Å². The van der Waals surface area contributed by atoms with Gasteiger partial charge in [0.2, 0.25) is 23.6 Å². The number of benzene rings is 2. The highest BCUT2D eigenvalue weighted by atomic mass is 31.2. The second kappa shape index (κ2) is 18.4. The van der Waals surface area contributed by atoms with Gasteiger partial charge in [-0.2, -0.15) is 0 Å². The molecule has 15 heteroatoms. The van der Waals surface area contributed by atoms with Crippen LogP contribution in [0.25, 0.3) is 0 Å². The summed E-state index contributed by atoms with van der Waals surface area (Å²) in [5, 5.41) is 17.4. The van der Waals surface area contributed by atoms with E-state index in [-0.39, 0.29) is 25.8 Å². The van der Waals surface area contributed by atoms with E-state index < -0.39 is 74.1 Å². The van der Waals surface area contributed by atoms with E-state index in [1.54, 1.807) is 44.2 Å². The second-order valence-corrected chi connectivity index (χ2v) is 13.3. The number of phosphoric acid groups is 1. The number of carboxylic acid groups (broad SMARTS) is 1. The maximum Gasteiger partial charge on any atom is 0.469 e. The average Bonchev–Trinajstić information content (AvgIpc) is 3.54. The zero-order valence-corrected chi connectivity index (χ0v) is 28.0. The number of aliphatic carboxylic acids is 1. The Balaban J connectivity index is 1.65. The SMILES string of the molecule is CC(C)[C@H](NC(=O)[C@@H]1CCCN1C(=O)[C@H](COP(=O)(O)O)NC(=O)CCCCc1ccccc1)C(=O)N[C@@H](Cc1ccccc1)C(=O)O. The number of nitrogens with one attached hydrogen (secondary N) is 3. The highest BCUT2D eigenvalue weighted by molar-refractivity contribution is 7.46. The largest absolute Gasteiger partial charge is 0.480 e. The van der Waals surface area contributed by atoms with E-state index in [2.05, 4.69) is 20.5 Å². The van der Waals surface area contributed by atoms with Crippen LogP contribution in [0.3, 0.4) is 0 Å². The number of aryl methyl sites for hydroxylation is 1. The van der Waals surface area contributed by atoms with Crippen molar-refractivity contribution < 1.29 is 48.0 Å². The summed E-state index contributed by atoms with van der Waals surface area (Å²) in [6.07, 6.45) is 2.69. The van der Waals surface area contributed by atoms with Crippen LogP contribution in [0.5, 0.6) is 0 Å². The molecule has 262 valence electrons. The molecule has 1 aliphatic rings. The Morgan fingerprint density at radius 3 is 2.10 bits per heavy atom. The first-order valence-corrected chi connectivity index (χ1v) is 17.5. The summed E-state index contributed by atoms with van der Waals surface area (Å²) in [7, 11) is -5.00. The number of carbonyl (C=O) groups is 5. The fraction of sp³-hybridized carbons (Fsp3) is 0.485. The van der Waals surface area contributed by atoms with Gasteiger partial charge in [-0.1, -0.05) is 74.5 Å². The minimum atomic E-state index is -5.00. The number of amides is 4. The van der Waals surface area contributed by atoms with Crippen LogP contribution >= 0.6 is 7.82 Å². The van der Waals surface area contributed by atoms with Gasteiger partial charge >= 0.3 is 13.8 Å². The Hall–Kier alpha value is -4.10. The highest BCUT2D eigenvalue weighted by Gasteiger charge is 2.40. The van der Waals surface area contributed by atoms with Gasteiger partial charge in [0, 0.05) is 19.4 Å². The molecule has 1 fully saturated rings. The van der Waals surface area contributed by atoms with Crippen molar-refractivity contribution in [1.82, 2.24) is 20.9 Å². The van der Waals surface area contributed by atoms with E-state index in [1.807, 2.05) is 30.3 Å². The number of nitrogens with zero attached hydrogens (tertiary/aromatic N) is 1. The second-order valence-electron chi connectivity index (χ2n) is 12.1. The summed E-state index contributed by atoms with van der Waals surface area (Å²) in [4.78, 5) is 84.8. The minimum Gasteiger partial charge on any atom is -0.480 e. The zero-order valence-electron chi connectivity index (χ0n) is 27.1. The molecule has 4 atom stereocenters. The summed E-state index contributed by atoms with van der Waals surface area (Å²) in [6.45, 7) is 2.66. The monoisotopic (exact) mass is 688 g/mol. The maximum absolute atomic E-state index is 13.6. The normalized spacial score (nSPS) is 16.5. The molecule has 0 bridgehead atoms. The third-order valence-corrected chi connectivity index (χ3v) is 8.47. The fourth-order valence-electron chi connectivity index (χ4n) is 5.47. The quantitative estimate of drug-likeness (QED) is 0.0990. The standard InChI is InChI=1S/C33H45N4O10P/c1-22(2)29(31(40)35-25(33(42)43)20-24-15-7-4-8-16-24)36-30(39)27-17-11-19-37(27)32(41)26(21-47-48(44,45)46)34-28(38)18-10-9-14-23-12-5-3-6-13-23/h3-8,12-13,15-16,22,25-27,29H,9-11,14,17-21H2,1-2H3,(H,34,38)(H,35,40)(H,36,39)(H,42,43)(H2,44,45,46)/t25-,26-,27-,29-/m0/s1. The van der Waals surface area contributed by atoms with E-state index in [0.717, 1.165) is 12.0 Å². The molecular formula is C33H45N4O10P. The average molecular weight is 689 g/mol. The van der Waals surface area contributed by atoms with Crippen LogP contribution < -0.4 is 16.0 Å². The van der Waals surface area contributed by atoms with Gasteiger partial charge in [0.05, 0.1) is 6.61 Å². The van der Waals surface area contributed by atoms with E-state index in [4.69, 9.17) is 0 Å². The van der Waals surface area contributed by atoms with Crippen LogP contribution in [0.1, 0.15) is 57.1 Å². The summed E-state index contributed by atoms with van der Waals surface area (Å²) in [5.41, 5.74) is 1.82. The van der Waals surface area contributed by atoms with Crippen LogP contribution in [0.4, 0.5) is 0 Å². The maximum atomic E-state index is 13.6. The minimum absolute atomic E-state index is 0.0302. The number of hydrogen-bond donors (Lipinski definition) is 6. The Labute approximate surface area is 279 Å². The number of hydrogen-bond acceptors (Lipinski definition) is 7. The molecule has 0 saturated carbocycles. The predicted molar refractivity (Wildman–Crippen MR) is 175 cm³/mol. The van der Waals surface area contributed by atoms with Gasteiger partial charge in [-0.15, -0.1) is 0 Å². The van der Waals surface area contributed by atoms with Gasteiger partial charge in [-0.25, -0.2) is 9.36 Å². The molecule has 6 N–H and O–H groups in total. The molecule has 1 heterocycles. The first-order chi connectivity index (χ1) is 22.7. The Kier molecular flexibility index (Phi) is 14.7. The lowest BCUT2D eigenvalue weighted by molar-refractivity contribution is -0.144. The van der Waals surface area contributed by atoms with Crippen LogP contribution in [-0.4, -0.2) is 86.7 Å². The third-order valence-electron chi connectivity index (χ3n) is 7.99. The van der Waals surface area contributed by atoms with Crippen LogP contribution in [0.15, 0.2) is 60.7 Å². The number of phosphoric ester groups is 1. The number of rotatable bonds is 18. The summed E-state index contributed by atoms with van der Waals surface area (Å²) < 4.78 is 16.0. The summed E-state index contributed by atoms with van der Waals surface area (Å²) in [5.74, 6) is -4.34. The van der Waals surface area contributed by atoms with Crippen LogP contribution in [0, 0.1) is 5.92 Å². The van der Waals surface area contributed by atoms with Gasteiger partial charge in [-0.3, -0.25) is 23.7 Å². The van der Waals surface area contributed by atoms with E-state index >= 15 is 0 Å². The zero-order chi connectivity index (χ0) is 35.3. The molecule has 1 saturated heterocycles. The molecule has 1 aliphatic heterocycles. The molecular weight excluding hydrogens is 643 g/mol. The van der Waals surface area contributed by atoms with Crippen LogP contribution in [0.2, 0.25) is 0 Å². The lowest BCUT2D eigenvalue weighted by atomic mass is 10.0. The van der Waals surface area contributed by atoms with E-state index in [1.165, 1.54) is 4.90 Å². The number of unbranched alkanes of at least 4 members (excludes halogenated alkanes) is 1. The van der Waals surface area contributed by atoms with Gasteiger partial charge in [0.15, 0.2) is 0 Å². The first-order valence-electron chi connectivity index (χ1n) is 16.0. The molecule has 0 aliphatic carbocycles. The fourth-order valence-corrected chi connectivity index (χ4v) is 5.81. The summed E-state index contributed by atoms with van der Waals surface area (Å²) >= 11 is 0. The number of likely N-dealkylation sites (tertiary alicyclic amines) is 1. The number of carboxylic acids is 1. The Bertz CT molecular complexity index is 1440. The third kappa shape index (κ3) is 12.5. The molecule has 2 aromatic rings. The van der Waals surface area contributed by atoms with Crippen molar-refractivity contribution in [2.75, 3.05) is 13.2 Å². The molecule has 0 spiro atoms. The molecule has 0 radical (unpaired) electrons. The molecule has 4 amide bonds. The Morgan fingerprint density at radius 1 is 0.896 bits per heavy atom. The Morgan fingerprint density at radius 2 is 1.52 bits per heavy atom. The van der Waals surface area contributed by atoms with Crippen molar-refractivity contribution in [2.45, 2.75) is 83.0 Å². The molecule has 0 aromatic heterocycles.